The fourth-order valence-electron chi connectivity index (χ4n) is 3.04. The van der Waals surface area contributed by atoms with Crippen LogP contribution in [0.2, 0.25) is 0 Å². The summed E-state index contributed by atoms with van der Waals surface area (Å²) < 4.78 is 5.24. The van der Waals surface area contributed by atoms with Crippen LogP contribution in [0.15, 0.2) is 24.3 Å². The van der Waals surface area contributed by atoms with Crippen molar-refractivity contribution in [3.63, 3.8) is 0 Å². The largest absolute Gasteiger partial charge is 0.497 e. The Hall–Kier alpha value is -1.06. The molecule has 1 N–H and O–H groups in total. The Morgan fingerprint density at radius 3 is 2.60 bits per heavy atom. The second-order valence-electron chi connectivity index (χ2n) is 5.71. The third kappa shape index (κ3) is 3.97. The zero-order valence-corrected chi connectivity index (χ0v) is 13.1. The van der Waals surface area contributed by atoms with Crippen molar-refractivity contribution in [1.82, 2.24) is 10.2 Å². The first-order valence-electron chi connectivity index (χ1n) is 7.86. The Labute approximate surface area is 123 Å². The average molecular weight is 276 g/mol. The highest BCUT2D eigenvalue weighted by Crippen LogP contribution is 2.23. The Morgan fingerprint density at radius 1 is 1.30 bits per heavy atom. The normalized spacial score (nSPS) is 21.1. The molecule has 2 rings (SSSR count). The van der Waals surface area contributed by atoms with E-state index in [1.165, 1.54) is 31.5 Å². The van der Waals surface area contributed by atoms with Crippen molar-refractivity contribution < 1.29 is 4.74 Å². The van der Waals surface area contributed by atoms with E-state index in [0.29, 0.717) is 6.04 Å². The Kier molecular flexibility index (Phi) is 5.86. The summed E-state index contributed by atoms with van der Waals surface area (Å²) in [7, 11) is 1.71. The molecular weight excluding hydrogens is 248 g/mol. The number of hydrogen-bond acceptors (Lipinski definition) is 3. The zero-order chi connectivity index (χ0) is 14.4. The Bertz CT molecular complexity index is 390. The van der Waals surface area contributed by atoms with Gasteiger partial charge in [-0.2, -0.15) is 0 Å². The Balaban J connectivity index is 1.98. The number of hydrogen-bond donors (Lipinski definition) is 1. The van der Waals surface area contributed by atoms with Crippen LogP contribution < -0.4 is 10.1 Å². The third-order valence-electron chi connectivity index (χ3n) is 4.36. The summed E-state index contributed by atoms with van der Waals surface area (Å²) in [5.41, 5.74) is 1.35. The molecular formula is C17H28N2O. The molecule has 0 bridgehead atoms. The first-order chi connectivity index (χ1) is 9.76. The molecule has 1 fully saturated rings. The summed E-state index contributed by atoms with van der Waals surface area (Å²) in [5, 5.41) is 3.61. The van der Waals surface area contributed by atoms with E-state index in [9.17, 15) is 0 Å². The van der Waals surface area contributed by atoms with E-state index in [-0.39, 0.29) is 0 Å². The fraction of sp³-hybridized carbons (Fsp3) is 0.647. The van der Waals surface area contributed by atoms with Gasteiger partial charge in [0, 0.05) is 19.1 Å². The second-order valence-corrected chi connectivity index (χ2v) is 5.71. The van der Waals surface area contributed by atoms with Crippen molar-refractivity contribution in [3.8, 4) is 5.75 Å². The van der Waals surface area contributed by atoms with Gasteiger partial charge in [-0.25, -0.2) is 0 Å². The zero-order valence-electron chi connectivity index (χ0n) is 13.1. The van der Waals surface area contributed by atoms with Crippen molar-refractivity contribution in [2.45, 2.75) is 32.7 Å². The van der Waals surface area contributed by atoms with Gasteiger partial charge in [0.05, 0.1) is 7.11 Å². The lowest BCUT2D eigenvalue weighted by atomic mass is 10.1. The second kappa shape index (κ2) is 7.65. The quantitative estimate of drug-likeness (QED) is 0.828. The molecule has 3 nitrogen and oxygen atoms in total. The van der Waals surface area contributed by atoms with Crippen LogP contribution in [0.1, 0.15) is 38.3 Å². The van der Waals surface area contributed by atoms with E-state index in [0.717, 1.165) is 24.8 Å². The van der Waals surface area contributed by atoms with Gasteiger partial charge in [-0.05, 0) is 43.1 Å². The molecule has 0 saturated carbocycles. The van der Waals surface area contributed by atoms with E-state index < -0.39 is 0 Å². The molecule has 2 atom stereocenters. The Morgan fingerprint density at radius 2 is 2.05 bits per heavy atom. The van der Waals surface area contributed by atoms with Crippen LogP contribution in [0.25, 0.3) is 0 Å². The number of ether oxygens (including phenoxy) is 1. The number of benzene rings is 1. The lowest BCUT2D eigenvalue weighted by Gasteiger charge is -2.25. The first kappa shape index (κ1) is 15.3. The predicted molar refractivity (Wildman–Crippen MR) is 84.2 cm³/mol. The smallest absolute Gasteiger partial charge is 0.118 e. The minimum absolute atomic E-state index is 0.418. The van der Waals surface area contributed by atoms with Crippen LogP contribution in [-0.4, -0.2) is 38.2 Å². The van der Waals surface area contributed by atoms with Crippen LogP contribution >= 0.6 is 0 Å². The number of rotatable bonds is 7. The lowest BCUT2D eigenvalue weighted by molar-refractivity contribution is 0.283. The molecule has 1 aliphatic rings. The number of likely N-dealkylation sites (N-methyl/N-ethyl adjacent to an activating group) is 1. The summed E-state index contributed by atoms with van der Waals surface area (Å²) in [5.74, 6) is 1.82. The molecule has 0 spiro atoms. The molecule has 0 radical (unpaired) electrons. The van der Waals surface area contributed by atoms with E-state index in [2.05, 4.69) is 48.3 Å². The van der Waals surface area contributed by atoms with Crippen molar-refractivity contribution in [1.29, 1.82) is 0 Å². The standard InChI is InChI=1S/C17H28N2O/c1-4-14-10-11-19(12-14)13-17(18-5-2)15-6-8-16(20-3)9-7-15/h6-9,14,17-18H,4-5,10-13H2,1-3H3. The van der Waals surface area contributed by atoms with E-state index in [1.807, 2.05) is 0 Å². The minimum atomic E-state index is 0.418. The summed E-state index contributed by atoms with van der Waals surface area (Å²) >= 11 is 0. The van der Waals surface area contributed by atoms with Gasteiger partial charge >= 0.3 is 0 Å². The highest BCUT2D eigenvalue weighted by Gasteiger charge is 2.23. The monoisotopic (exact) mass is 276 g/mol. The van der Waals surface area contributed by atoms with E-state index >= 15 is 0 Å². The summed E-state index contributed by atoms with van der Waals surface area (Å²) in [6, 6.07) is 8.89. The van der Waals surface area contributed by atoms with Gasteiger partial charge in [-0.15, -0.1) is 0 Å². The molecule has 0 aliphatic carbocycles. The number of methoxy groups -OCH3 is 1. The SMILES string of the molecule is CCNC(CN1CCC(CC)C1)c1ccc(OC)cc1. The predicted octanol–water partition coefficient (Wildman–Crippen LogP) is 3.08. The van der Waals surface area contributed by atoms with Gasteiger partial charge in [0.2, 0.25) is 0 Å². The van der Waals surface area contributed by atoms with Gasteiger partial charge in [-0.1, -0.05) is 32.4 Å². The van der Waals surface area contributed by atoms with Crippen LogP contribution in [-0.2, 0) is 0 Å². The molecule has 0 amide bonds. The topological polar surface area (TPSA) is 24.5 Å². The van der Waals surface area contributed by atoms with E-state index in [4.69, 9.17) is 4.74 Å². The maximum atomic E-state index is 5.24. The molecule has 0 aromatic heterocycles. The summed E-state index contributed by atoms with van der Waals surface area (Å²) in [6.45, 7) is 9.10. The minimum Gasteiger partial charge on any atom is -0.497 e. The summed E-state index contributed by atoms with van der Waals surface area (Å²) in [6.07, 6.45) is 2.67. The highest BCUT2D eigenvalue weighted by atomic mass is 16.5. The maximum Gasteiger partial charge on any atom is 0.118 e. The van der Waals surface area contributed by atoms with Gasteiger partial charge < -0.3 is 15.0 Å². The van der Waals surface area contributed by atoms with Crippen molar-refractivity contribution in [3.05, 3.63) is 29.8 Å². The van der Waals surface area contributed by atoms with Gasteiger partial charge in [0.15, 0.2) is 0 Å². The van der Waals surface area contributed by atoms with Gasteiger partial charge in [-0.3, -0.25) is 0 Å². The highest BCUT2D eigenvalue weighted by molar-refractivity contribution is 5.29. The first-order valence-corrected chi connectivity index (χ1v) is 7.86. The van der Waals surface area contributed by atoms with Crippen molar-refractivity contribution >= 4 is 0 Å². The summed E-state index contributed by atoms with van der Waals surface area (Å²) in [4.78, 5) is 2.60. The fourth-order valence-corrected chi connectivity index (χ4v) is 3.04. The average Bonchev–Trinajstić information content (AvgIpc) is 2.95. The molecule has 1 aliphatic heterocycles. The molecule has 1 aromatic rings. The molecule has 20 heavy (non-hydrogen) atoms. The van der Waals surface area contributed by atoms with Crippen molar-refractivity contribution in [2.24, 2.45) is 5.92 Å². The van der Waals surface area contributed by atoms with Crippen LogP contribution in [0.4, 0.5) is 0 Å². The maximum absolute atomic E-state index is 5.24. The number of nitrogens with one attached hydrogen (secondary N) is 1. The molecule has 1 saturated heterocycles. The molecule has 112 valence electrons. The third-order valence-corrected chi connectivity index (χ3v) is 4.36. The molecule has 1 aromatic carbocycles. The van der Waals surface area contributed by atoms with Crippen LogP contribution in [0.3, 0.4) is 0 Å². The van der Waals surface area contributed by atoms with Crippen LogP contribution in [0.5, 0.6) is 5.75 Å². The van der Waals surface area contributed by atoms with E-state index in [1.54, 1.807) is 7.11 Å². The molecule has 2 unspecified atom stereocenters. The lowest BCUT2D eigenvalue weighted by Crippen LogP contribution is -2.34. The van der Waals surface area contributed by atoms with Gasteiger partial charge in [0.25, 0.3) is 0 Å². The number of likely N-dealkylation sites (tertiary alicyclic amines) is 1. The molecule has 3 heteroatoms. The number of nitrogens with zero attached hydrogens (tertiary/aromatic N) is 1. The van der Waals surface area contributed by atoms with Crippen LogP contribution in [0, 0.1) is 5.92 Å². The molecule has 1 heterocycles. The van der Waals surface area contributed by atoms with Crippen molar-refractivity contribution in [2.75, 3.05) is 33.3 Å². The van der Waals surface area contributed by atoms with Gasteiger partial charge in [0.1, 0.15) is 5.75 Å².